The third kappa shape index (κ3) is 2.69. The van der Waals surface area contributed by atoms with Crippen LogP contribution in [0.3, 0.4) is 0 Å². The first kappa shape index (κ1) is 13.8. The molecule has 1 N–H and O–H groups in total. The van der Waals surface area contributed by atoms with Gasteiger partial charge in [0.2, 0.25) is 5.75 Å². The maximum Gasteiger partial charge on any atom is 0.349 e. The molecule has 0 saturated heterocycles. The molecular weight excluding hydrogens is 286 g/mol. The Kier molecular flexibility index (Phi) is 3.85. The molecule has 104 valence electrons. The van der Waals surface area contributed by atoms with E-state index in [4.69, 9.17) is 14.6 Å². The standard InChI is InChI=1S/C12H9NO6S/c1-18-7-2-3-8(13(16)17)10(6-7)19-9-4-5-20-11(9)12(14)15/h2-6H,1H3,(H,14,15). The van der Waals surface area contributed by atoms with Crippen LogP contribution in [0.15, 0.2) is 29.6 Å². The van der Waals surface area contributed by atoms with Gasteiger partial charge in [0, 0.05) is 12.1 Å². The monoisotopic (exact) mass is 295 g/mol. The van der Waals surface area contributed by atoms with Crippen molar-refractivity contribution in [2.45, 2.75) is 0 Å². The van der Waals surface area contributed by atoms with Gasteiger partial charge in [0.05, 0.1) is 12.0 Å². The quantitative estimate of drug-likeness (QED) is 0.672. The van der Waals surface area contributed by atoms with Crippen LogP contribution in [0.2, 0.25) is 0 Å². The number of nitro benzene ring substituents is 1. The number of hydrogen-bond donors (Lipinski definition) is 1. The van der Waals surface area contributed by atoms with Gasteiger partial charge in [-0.3, -0.25) is 10.1 Å². The molecule has 7 nitrogen and oxygen atoms in total. The Bertz CT molecular complexity index is 666. The molecule has 0 saturated carbocycles. The van der Waals surface area contributed by atoms with Crippen molar-refractivity contribution in [3.8, 4) is 17.2 Å². The van der Waals surface area contributed by atoms with Crippen molar-refractivity contribution in [2.24, 2.45) is 0 Å². The molecule has 0 amide bonds. The van der Waals surface area contributed by atoms with Gasteiger partial charge in [-0.2, -0.15) is 0 Å². The van der Waals surface area contributed by atoms with E-state index >= 15 is 0 Å². The van der Waals surface area contributed by atoms with Crippen molar-refractivity contribution >= 4 is 23.0 Å². The Balaban J connectivity index is 2.43. The highest BCUT2D eigenvalue weighted by Gasteiger charge is 2.20. The summed E-state index contributed by atoms with van der Waals surface area (Å²) in [5.41, 5.74) is -0.270. The van der Waals surface area contributed by atoms with Crippen LogP contribution in [0.25, 0.3) is 0 Å². The smallest absolute Gasteiger partial charge is 0.349 e. The average molecular weight is 295 g/mol. The lowest BCUT2D eigenvalue weighted by Gasteiger charge is -2.07. The Morgan fingerprint density at radius 2 is 2.10 bits per heavy atom. The first-order valence-electron chi connectivity index (χ1n) is 5.34. The molecule has 2 rings (SSSR count). The number of thiophene rings is 1. The van der Waals surface area contributed by atoms with Crippen molar-refractivity contribution in [1.82, 2.24) is 0 Å². The number of ether oxygens (including phenoxy) is 2. The number of carboxylic acids is 1. The molecule has 1 aromatic heterocycles. The van der Waals surface area contributed by atoms with E-state index in [-0.39, 0.29) is 22.1 Å². The van der Waals surface area contributed by atoms with Crippen molar-refractivity contribution in [1.29, 1.82) is 0 Å². The molecule has 1 aromatic carbocycles. The van der Waals surface area contributed by atoms with E-state index in [1.807, 2.05) is 0 Å². The highest BCUT2D eigenvalue weighted by Crippen LogP contribution is 2.37. The summed E-state index contributed by atoms with van der Waals surface area (Å²) < 4.78 is 10.3. The summed E-state index contributed by atoms with van der Waals surface area (Å²) in [6.07, 6.45) is 0. The van der Waals surface area contributed by atoms with Crippen molar-refractivity contribution in [2.75, 3.05) is 7.11 Å². The van der Waals surface area contributed by atoms with Crippen LogP contribution in [0.1, 0.15) is 9.67 Å². The van der Waals surface area contributed by atoms with Gasteiger partial charge < -0.3 is 14.6 Å². The maximum absolute atomic E-state index is 11.0. The SMILES string of the molecule is COc1ccc([N+](=O)[O-])c(Oc2ccsc2C(=O)O)c1. The molecule has 0 atom stereocenters. The van der Waals surface area contributed by atoms with Gasteiger partial charge in [0.15, 0.2) is 10.6 Å². The molecule has 1 heterocycles. The van der Waals surface area contributed by atoms with E-state index in [1.54, 1.807) is 0 Å². The molecule has 0 aliphatic heterocycles. The number of nitrogens with zero attached hydrogens (tertiary/aromatic N) is 1. The second kappa shape index (κ2) is 5.57. The first-order valence-corrected chi connectivity index (χ1v) is 6.22. The van der Waals surface area contributed by atoms with Gasteiger partial charge in [0.1, 0.15) is 5.75 Å². The minimum atomic E-state index is -1.15. The predicted octanol–water partition coefficient (Wildman–Crippen LogP) is 3.16. The molecule has 20 heavy (non-hydrogen) atoms. The Labute approximate surface area is 117 Å². The van der Waals surface area contributed by atoms with Crippen molar-refractivity contribution in [3.63, 3.8) is 0 Å². The fourth-order valence-corrected chi connectivity index (χ4v) is 2.16. The van der Waals surface area contributed by atoms with Gasteiger partial charge in [-0.1, -0.05) is 0 Å². The average Bonchev–Trinajstić information content (AvgIpc) is 2.86. The molecule has 2 aromatic rings. The number of rotatable bonds is 5. The lowest BCUT2D eigenvalue weighted by atomic mass is 10.2. The van der Waals surface area contributed by atoms with Crippen LogP contribution in [0, 0.1) is 10.1 Å². The molecule has 8 heteroatoms. The van der Waals surface area contributed by atoms with Crippen LogP contribution < -0.4 is 9.47 Å². The second-order valence-electron chi connectivity index (χ2n) is 3.61. The van der Waals surface area contributed by atoms with Gasteiger partial charge in [0.25, 0.3) is 0 Å². The van der Waals surface area contributed by atoms with Crippen LogP contribution in [-0.2, 0) is 0 Å². The molecule has 0 bridgehead atoms. The largest absolute Gasteiger partial charge is 0.497 e. The van der Waals surface area contributed by atoms with Crippen LogP contribution in [-0.4, -0.2) is 23.1 Å². The Hall–Kier alpha value is -2.61. The number of nitro groups is 1. The zero-order valence-corrected chi connectivity index (χ0v) is 11.0. The Morgan fingerprint density at radius 3 is 2.70 bits per heavy atom. The summed E-state index contributed by atoms with van der Waals surface area (Å²) in [5, 5.41) is 21.5. The normalized spacial score (nSPS) is 10.1. The third-order valence-electron chi connectivity index (χ3n) is 2.41. The molecule has 0 unspecified atom stereocenters. The zero-order valence-electron chi connectivity index (χ0n) is 10.2. The molecule has 0 aliphatic carbocycles. The van der Waals surface area contributed by atoms with E-state index in [0.717, 1.165) is 11.3 Å². The number of aromatic carboxylic acids is 1. The topological polar surface area (TPSA) is 98.9 Å². The number of carbonyl (C=O) groups is 1. The maximum atomic E-state index is 11.0. The zero-order chi connectivity index (χ0) is 14.7. The predicted molar refractivity (Wildman–Crippen MR) is 71.0 cm³/mol. The number of methoxy groups -OCH3 is 1. The fraction of sp³-hybridized carbons (Fsp3) is 0.0833. The summed E-state index contributed by atoms with van der Waals surface area (Å²) in [6.45, 7) is 0. The lowest BCUT2D eigenvalue weighted by Crippen LogP contribution is -1.98. The van der Waals surface area contributed by atoms with Gasteiger partial charge in [-0.15, -0.1) is 11.3 Å². The van der Waals surface area contributed by atoms with Crippen LogP contribution in [0.5, 0.6) is 17.2 Å². The summed E-state index contributed by atoms with van der Waals surface area (Å²) in [5.74, 6) is -0.799. The lowest BCUT2D eigenvalue weighted by molar-refractivity contribution is -0.385. The summed E-state index contributed by atoms with van der Waals surface area (Å²) in [4.78, 5) is 21.3. The molecule has 0 aliphatic rings. The van der Waals surface area contributed by atoms with E-state index in [0.29, 0.717) is 5.75 Å². The van der Waals surface area contributed by atoms with Gasteiger partial charge >= 0.3 is 11.7 Å². The summed E-state index contributed by atoms with van der Waals surface area (Å²) in [6, 6.07) is 5.44. The molecular formula is C12H9NO6S. The van der Waals surface area contributed by atoms with E-state index in [1.165, 1.54) is 36.8 Å². The van der Waals surface area contributed by atoms with Gasteiger partial charge in [-0.25, -0.2) is 4.79 Å². The Morgan fingerprint density at radius 1 is 1.35 bits per heavy atom. The fourth-order valence-electron chi connectivity index (χ4n) is 1.51. The number of carboxylic acid groups (broad SMARTS) is 1. The van der Waals surface area contributed by atoms with E-state index < -0.39 is 10.9 Å². The minimum Gasteiger partial charge on any atom is -0.497 e. The highest BCUT2D eigenvalue weighted by molar-refractivity contribution is 7.12. The van der Waals surface area contributed by atoms with Crippen molar-refractivity contribution < 1.29 is 24.3 Å². The number of benzene rings is 1. The molecule has 0 spiro atoms. The summed E-state index contributed by atoms with van der Waals surface area (Å²) >= 11 is 0.975. The minimum absolute atomic E-state index is 0.0258. The number of hydrogen-bond acceptors (Lipinski definition) is 6. The second-order valence-corrected chi connectivity index (χ2v) is 4.53. The van der Waals surface area contributed by atoms with Crippen LogP contribution >= 0.6 is 11.3 Å². The van der Waals surface area contributed by atoms with Gasteiger partial charge in [-0.05, 0) is 17.5 Å². The van der Waals surface area contributed by atoms with E-state index in [2.05, 4.69) is 0 Å². The first-order chi connectivity index (χ1) is 9.52. The third-order valence-corrected chi connectivity index (χ3v) is 3.29. The van der Waals surface area contributed by atoms with Crippen molar-refractivity contribution in [3.05, 3.63) is 44.6 Å². The molecule has 0 fully saturated rings. The highest BCUT2D eigenvalue weighted by atomic mass is 32.1. The summed E-state index contributed by atoms with van der Waals surface area (Å²) in [7, 11) is 1.41. The van der Waals surface area contributed by atoms with E-state index in [9.17, 15) is 14.9 Å². The molecule has 0 radical (unpaired) electrons. The van der Waals surface area contributed by atoms with Crippen LogP contribution in [0.4, 0.5) is 5.69 Å².